The first kappa shape index (κ1) is 25.6. The maximum absolute atomic E-state index is 14.7. The van der Waals surface area contributed by atoms with E-state index in [-0.39, 0.29) is 31.0 Å². The maximum atomic E-state index is 14.7. The summed E-state index contributed by atoms with van der Waals surface area (Å²) in [5.41, 5.74) is 1.88. The Morgan fingerprint density at radius 3 is 2.50 bits per heavy atom. The molecule has 0 saturated carbocycles. The van der Waals surface area contributed by atoms with Gasteiger partial charge in [0, 0.05) is 30.0 Å². The second-order valence-electron chi connectivity index (χ2n) is 9.02. The van der Waals surface area contributed by atoms with Gasteiger partial charge in [-0.2, -0.15) is 0 Å². The van der Waals surface area contributed by atoms with Crippen LogP contribution in [0, 0.1) is 5.82 Å². The molecule has 0 fully saturated rings. The molecule has 2 aromatic rings. The summed E-state index contributed by atoms with van der Waals surface area (Å²) in [6, 6.07) is 9.10. The van der Waals surface area contributed by atoms with Crippen molar-refractivity contribution in [3.63, 3.8) is 0 Å². The van der Waals surface area contributed by atoms with E-state index in [9.17, 15) is 18.8 Å². The molecule has 0 aliphatic carbocycles. The zero-order chi connectivity index (χ0) is 25.0. The molecule has 0 unspecified atom stereocenters. The predicted molar refractivity (Wildman–Crippen MR) is 131 cm³/mol. The van der Waals surface area contributed by atoms with Crippen LogP contribution in [0.15, 0.2) is 41.3 Å². The lowest BCUT2D eigenvalue weighted by molar-refractivity contribution is -0.140. The van der Waals surface area contributed by atoms with Crippen LogP contribution in [-0.2, 0) is 20.8 Å². The molecule has 9 heteroatoms. The number of hydrogen-bond donors (Lipinski definition) is 2. The Labute approximate surface area is 200 Å². The first-order valence-electron chi connectivity index (χ1n) is 11.0. The number of hydrogen-bond acceptors (Lipinski definition) is 4. The summed E-state index contributed by atoms with van der Waals surface area (Å²) in [7, 11) is 0.285. The Balaban J connectivity index is 1.89. The molecule has 1 aliphatic rings. The zero-order valence-corrected chi connectivity index (χ0v) is 20.7. The number of methoxy groups -OCH3 is 1. The van der Waals surface area contributed by atoms with Crippen molar-refractivity contribution in [2.45, 2.75) is 36.6 Å². The third kappa shape index (κ3) is 5.88. The summed E-state index contributed by atoms with van der Waals surface area (Å²) in [6.07, 6.45) is 6.61. The Morgan fingerprint density at radius 2 is 1.88 bits per heavy atom. The van der Waals surface area contributed by atoms with Crippen LogP contribution in [-0.4, -0.2) is 60.2 Å². The van der Waals surface area contributed by atoms with Gasteiger partial charge in [0.05, 0.1) is 7.11 Å². The van der Waals surface area contributed by atoms with Crippen LogP contribution in [0.1, 0.15) is 36.4 Å². The smallest absolute Gasteiger partial charge is 0.303 e. The second kappa shape index (κ2) is 10.5. The van der Waals surface area contributed by atoms with Crippen LogP contribution in [0.4, 0.5) is 10.1 Å². The number of amides is 2. The van der Waals surface area contributed by atoms with Gasteiger partial charge in [0.25, 0.3) is 5.91 Å². The van der Waals surface area contributed by atoms with Gasteiger partial charge >= 0.3 is 5.97 Å². The molecule has 2 aromatic carbocycles. The van der Waals surface area contributed by atoms with E-state index in [1.165, 1.54) is 11.0 Å². The number of benzene rings is 2. The first-order valence-corrected chi connectivity index (χ1v) is 13.8. The molecule has 0 aromatic heterocycles. The molecule has 0 saturated heterocycles. The number of aliphatic carboxylic acids is 1. The molecule has 3 rings (SSSR count). The van der Waals surface area contributed by atoms with Gasteiger partial charge < -0.3 is 20.1 Å². The summed E-state index contributed by atoms with van der Waals surface area (Å²) in [4.78, 5) is 39.3. The number of ether oxygens (including phenoxy) is 1. The SMILES string of the molecule is COc1ccc2c(c1)CCN(C(=O)CCCC(=O)O)[C@H]2C(=O)Nc1ccc(S(C)(C)C)c(F)c1. The van der Waals surface area contributed by atoms with Gasteiger partial charge in [-0.25, -0.2) is 14.4 Å². The lowest BCUT2D eigenvalue weighted by Gasteiger charge is -2.36. The van der Waals surface area contributed by atoms with Gasteiger partial charge in [0.2, 0.25) is 5.91 Å². The van der Waals surface area contributed by atoms with Gasteiger partial charge in [0.1, 0.15) is 17.6 Å². The normalized spacial score (nSPS) is 15.9. The summed E-state index contributed by atoms with van der Waals surface area (Å²) < 4.78 is 20.0. The molecule has 184 valence electrons. The standard InChI is InChI=1S/C25H31FN2O5S/c1-33-18-9-10-19-16(14-18)12-13-28(22(29)6-5-7-23(30)31)24(19)25(32)27-17-8-11-21(20(26)15-17)34(2,3)4/h8-11,14-15,24H,5-7,12-13H2,1-4H3,(H,27,32)(H,30,31)/t24-/m1/s1. The lowest BCUT2D eigenvalue weighted by Crippen LogP contribution is -2.45. The van der Waals surface area contributed by atoms with Gasteiger partial charge in [-0.1, -0.05) is 6.07 Å². The van der Waals surface area contributed by atoms with Gasteiger partial charge in [-0.15, -0.1) is 0 Å². The highest BCUT2D eigenvalue weighted by Crippen LogP contribution is 2.47. The lowest BCUT2D eigenvalue weighted by atomic mass is 9.91. The van der Waals surface area contributed by atoms with E-state index < -0.39 is 27.9 Å². The van der Waals surface area contributed by atoms with Gasteiger partial charge in [-0.3, -0.25) is 14.4 Å². The number of anilines is 1. The zero-order valence-electron chi connectivity index (χ0n) is 19.9. The fourth-order valence-corrected chi connectivity index (χ4v) is 5.22. The quantitative estimate of drug-likeness (QED) is 0.578. The monoisotopic (exact) mass is 490 g/mol. The molecule has 2 amide bonds. The number of carbonyl (C=O) groups is 3. The van der Waals surface area contributed by atoms with E-state index in [0.29, 0.717) is 34.9 Å². The van der Waals surface area contributed by atoms with E-state index >= 15 is 0 Å². The number of fused-ring (bicyclic) bond motifs is 1. The predicted octanol–water partition coefficient (Wildman–Crippen LogP) is 4.21. The minimum atomic E-state index is -1.28. The van der Waals surface area contributed by atoms with Crippen molar-refractivity contribution in [1.82, 2.24) is 4.90 Å². The molecule has 1 heterocycles. The molecule has 0 bridgehead atoms. The van der Waals surface area contributed by atoms with Crippen LogP contribution in [0.3, 0.4) is 0 Å². The molecular formula is C25H31FN2O5S. The van der Waals surface area contributed by atoms with E-state index in [1.807, 2.05) is 24.8 Å². The average molecular weight is 491 g/mol. The van der Waals surface area contributed by atoms with Gasteiger partial charge in [0.15, 0.2) is 0 Å². The van der Waals surface area contributed by atoms with Crippen molar-refractivity contribution in [3.8, 4) is 5.75 Å². The molecular weight excluding hydrogens is 459 g/mol. The summed E-state index contributed by atoms with van der Waals surface area (Å²) in [5, 5.41) is 11.7. The van der Waals surface area contributed by atoms with Crippen LogP contribution in [0.2, 0.25) is 0 Å². The van der Waals surface area contributed by atoms with Crippen molar-refractivity contribution in [2.75, 3.05) is 37.7 Å². The Hall–Kier alpha value is -3.07. The summed E-state index contributed by atoms with van der Waals surface area (Å²) in [5.74, 6) is -1.44. The first-order chi connectivity index (χ1) is 16.0. The third-order valence-corrected chi connectivity index (χ3v) is 7.44. The van der Waals surface area contributed by atoms with Crippen LogP contribution in [0.25, 0.3) is 0 Å². The van der Waals surface area contributed by atoms with Crippen molar-refractivity contribution >= 4 is 33.5 Å². The highest BCUT2D eigenvalue weighted by molar-refractivity contribution is 8.32. The molecule has 0 spiro atoms. The number of carboxylic acids is 1. The molecule has 1 atom stereocenters. The largest absolute Gasteiger partial charge is 0.497 e. The highest BCUT2D eigenvalue weighted by Gasteiger charge is 2.36. The number of carbonyl (C=O) groups excluding carboxylic acids is 2. The molecule has 2 N–H and O–H groups in total. The van der Waals surface area contributed by atoms with Gasteiger partial charge in [-0.05, 0) is 73.1 Å². The van der Waals surface area contributed by atoms with Crippen LogP contribution < -0.4 is 10.1 Å². The van der Waals surface area contributed by atoms with Crippen molar-refractivity contribution in [3.05, 3.63) is 53.3 Å². The third-order valence-electron chi connectivity index (χ3n) is 5.79. The number of carboxylic acid groups (broad SMARTS) is 1. The highest BCUT2D eigenvalue weighted by atomic mass is 32.3. The summed E-state index contributed by atoms with van der Waals surface area (Å²) in [6.45, 7) is 0.310. The molecule has 1 aliphatic heterocycles. The van der Waals surface area contributed by atoms with E-state index in [1.54, 1.807) is 31.4 Å². The Morgan fingerprint density at radius 1 is 1.15 bits per heavy atom. The number of nitrogens with one attached hydrogen (secondary N) is 1. The fraction of sp³-hybridized carbons (Fsp3) is 0.400. The van der Waals surface area contributed by atoms with Crippen molar-refractivity contribution < 1.29 is 28.6 Å². The van der Waals surface area contributed by atoms with Crippen LogP contribution in [0.5, 0.6) is 5.75 Å². The Bertz CT molecular complexity index is 1100. The van der Waals surface area contributed by atoms with E-state index in [0.717, 1.165) is 5.56 Å². The van der Waals surface area contributed by atoms with Crippen molar-refractivity contribution in [2.24, 2.45) is 0 Å². The van der Waals surface area contributed by atoms with E-state index in [2.05, 4.69) is 5.32 Å². The minimum Gasteiger partial charge on any atom is -0.497 e. The topological polar surface area (TPSA) is 95.9 Å². The average Bonchev–Trinajstić information content (AvgIpc) is 2.76. The number of rotatable bonds is 8. The Kier molecular flexibility index (Phi) is 7.86. The number of halogens is 1. The van der Waals surface area contributed by atoms with E-state index in [4.69, 9.17) is 9.84 Å². The minimum absolute atomic E-state index is 0.0270. The molecule has 34 heavy (non-hydrogen) atoms. The summed E-state index contributed by atoms with van der Waals surface area (Å²) >= 11 is 0. The molecule has 0 radical (unpaired) electrons. The maximum Gasteiger partial charge on any atom is 0.303 e. The fourth-order valence-electron chi connectivity index (χ4n) is 4.10. The number of nitrogens with zero attached hydrogens (tertiary/aromatic N) is 1. The van der Waals surface area contributed by atoms with Crippen LogP contribution >= 0.6 is 10.0 Å². The second-order valence-corrected chi connectivity index (χ2v) is 13.1. The molecule has 7 nitrogen and oxygen atoms in total. The van der Waals surface area contributed by atoms with Crippen molar-refractivity contribution in [1.29, 1.82) is 0 Å².